The maximum absolute atomic E-state index is 12.3. The van der Waals surface area contributed by atoms with E-state index in [4.69, 9.17) is 5.73 Å². The van der Waals surface area contributed by atoms with Crippen molar-refractivity contribution in [2.24, 2.45) is 0 Å². The number of halogens is 1. The molecule has 0 bridgehead atoms. The lowest BCUT2D eigenvalue weighted by Gasteiger charge is -2.10. The predicted octanol–water partition coefficient (Wildman–Crippen LogP) is 3.07. The van der Waals surface area contributed by atoms with E-state index >= 15 is 0 Å². The fourth-order valence-corrected chi connectivity index (χ4v) is 3.42. The van der Waals surface area contributed by atoms with Crippen LogP contribution in [0.15, 0.2) is 51.8 Å². The third kappa shape index (κ3) is 4.06. The summed E-state index contributed by atoms with van der Waals surface area (Å²) in [4.78, 5) is 0.0934. The van der Waals surface area contributed by atoms with Crippen molar-refractivity contribution in [1.82, 2.24) is 4.72 Å². The van der Waals surface area contributed by atoms with Crippen molar-refractivity contribution in [3.8, 4) is 0 Å². The summed E-state index contributed by atoms with van der Waals surface area (Å²) in [5, 5.41) is 0. The summed E-state index contributed by atoms with van der Waals surface area (Å²) in [5.41, 5.74) is 8.12. The molecule has 0 aromatic heterocycles. The maximum Gasteiger partial charge on any atom is 0.242 e. The van der Waals surface area contributed by atoms with E-state index in [1.54, 1.807) is 12.1 Å². The van der Waals surface area contributed by atoms with Crippen LogP contribution < -0.4 is 10.5 Å². The van der Waals surface area contributed by atoms with Gasteiger partial charge < -0.3 is 5.73 Å². The summed E-state index contributed by atoms with van der Waals surface area (Å²) in [6, 6.07) is 12.6. The summed E-state index contributed by atoms with van der Waals surface area (Å²) in [7, 11) is -3.62. The van der Waals surface area contributed by atoms with Crippen LogP contribution in [0.25, 0.3) is 0 Å². The molecular weight excluding hydrogens is 352 g/mol. The van der Waals surface area contributed by atoms with E-state index in [2.05, 4.69) is 27.6 Å². The molecule has 2 rings (SSSR count). The predicted molar refractivity (Wildman–Crippen MR) is 88.4 cm³/mol. The van der Waals surface area contributed by atoms with Gasteiger partial charge >= 0.3 is 0 Å². The van der Waals surface area contributed by atoms with Crippen molar-refractivity contribution in [2.75, 3.05) is 5.73 Å². The zero-order valence-electron chi connectivity index (χ0n) is 11.6. The molecule has 0 heterocycles. The molecule has 0 fully saturated rings. The van der Waals surface area contributed by atoms with Crippen LogP contribution in [0.5, 0.6) is 0 Å². The van der Waals surface area contributed by atoms with Gasteiger partial charge in [0.25, 0.3) is 0 Å². The molecule has 112 valence electrons. The van der Waals surface area contributed by atoms with Crippen LogP contribution in [0.3, 0.4) is 0 Å². The molecule has 0 amide bonds. The average molecular weight is 369 g/mol. The lowest BCUT2D eigenvalue weighted by molar-refractivity contribution is 0.581. The third-order valence-corrected chi connectivity index (χ3v) is 5.13. The second-order valence-electron chi connectivity index (χ2n) is 4.68. The minimum atomic E-state index is -3.62. The first-order chi connectivity index (χ1) is 9.92. The fourth-order valence-electron chi connectivity index (χ4n) is 1.91. The molecule has 4 nitrogen and oxygen atoms in total. The first-order valence-corrected chi connectivity index (χ1v) is 8.82. The van der Waals surface area contributed by atoms with E-state index in [0.29, 0.717) is 0 Å². The maximum atomic E-state index is 12.3. The van der Waals surface area contributed by atoms with Crippen LogP contribution in [0.4, 0.5) is 5.69 Å². The Hall–Kier alpha value is -1.37. The molecule has 0 spiro atoms. The van der Waals surface area contributed by atoms with Gasteiger partial charge in [-0.3, -0.25) is 0 Å². The van der Waals surface area contributed by atoms with Crippen LogP contribution in [0, 0.1) is 0 Å². The highest BCUT2D eigenvalue weighted by Crippen LogP contribution is 2.22. The molecule has 0 atom stereocenters. The zero-order valence-corrected chi connectivity index (χ0v) is 14.0. The molecule has 2 aromatic rings. The smallest absolute Gasteiger partial charge is 0.242 e. The van der Waals surface area contributed by atoms with Gasteiger partial charge in [0.15, 0.2) is 0 Å². The van der Waals surface area contributed by atoms with E-state index in [0.717, 1.165) is 16.5 Å². The molecule has 0 unspecified atom stereocenters. The number of hydrogen-bond donors (Lipinski definition) is 2. The lowest BCUT2D eigenvalue weighted by Crippen LogP contribution is -2.24. The van der Waals surface area contributed by atoms with E-state index < -0.39 is 10.0 Å². The Balaban J connectivity index is 2.13. The van der Waals surface area contributed by atoms with Crippen molar-refractivity contribution in [3.63, 3.8) is 0 Å². The molecule has 0 aliphatic carbocycles. The third-order valence-electron chi connectivity index (χ3n) is 3.16. The van der Waals surface area contributed by atoms with Crippen molar-refractivity contribution >= 4 is 31.6 Å². The molecule has 0 radical (unpaired) electrons. The Labute approximate surface area is 133 Å². The zero-order chi connectivity index (χ0) is 15.5. The summed E-state index contributed by atoms with van der Waals surface area (Å²) in [6.07, 6.45) is 0.960. The number of aryl methyl sites for hydroxylation is 1. The number of rotatable bonds is 5. The molecular formula is C15H17BrN2O2S. The Morgan fingerprint density at radius 2 is 1.71 bits per heavy atom. The van der Waals surface area contributed by atoms with Gasteiger partial charge in [-0.2, -0.15) is 0 Å². The van der Waals surface area contributed by atoms with Crippen LogP contribution >= 0.6 is 15.9 Å². The van der Waals surface area contributed by atoms with Crippen molar-refractivity contribution in [2.45, 2.75) is 24.8 Å². The Kier molecular flexibility index (Phi) is 5.03. The molecule has 0 aliphatic heterocycles. The number of hydrogen-bond acceptors (Lipinski definition) is 3. The van der Waals surface area contributed by atoms with Crippen LogP contribution in [0.2, 0.25) is 0 Å². The SMILES string of the molecule is CCc1ccc(CNS(=O)(=O)c2ccc(Br)cc2N)cc1. The number of nitrogens with one attached hydrogen (secondary N) is 1. The Bertz CT molecular complexity index is 728. The summed E-state index contributed by atoms with van der Waals surface area (Å²) in [6.45, 7) is 2.32. The first-order valence-electron chi connectivity index (χ1n) is 6.55. The summed E-state index contributed by atoms with van der Waals surface area (Å²) in [5.74, 6) is 0. The lowest BCUT2D eigenvalue weighted by atomic mass is 10.1. The van der Waals surface area contributed by atoms with Crippen LogP contribution in [-0.4, -0.2) is 8.42 Å². The molecule has 6 heteroatoms. The van der Waals surface area contributed by atoms with E-state index in [1.165, 1.54) is 11.6 Å². The summed E-state index contributed by atoms with van der Waals surface area (Å²) < 4.78 is 27.8. The minimum Gasteiger partial charge on any atom is -0.398 e. The molecule has 0 saturated carbocycles. The van der Waals surface area contributed by atoms with E-state index in [1.807, 2.05) is 24.3 Å². The van der Waals surface area contributed by atoms with Gasteiger partial charge in [-0.05, 0) is 35.7 Å². The van der Waals surface area contributed by atoms with Gasteiger partial charge in [0.05, 0.1) is 5.69 Å². The largest absolute Gasteiger partial charge is 0.398 e. The molecule has 0 saturated heterocycles. The fraction of sp³-hybridized carbons (Fsp3) is 0.200. The highest BCUT2D eigenvalue weighted by atomic mass is 79.9. The second-order valence-corrected chi connectivity index (χ2v) is 7.33. The highest BCUT2D eigenvalue weighted by molar-refractivity contribution is 9.10. The monoisotopic (exact) mass is 368 g/mol. The topological polar surface area (TPSA) is 72.2 Å². The number of sulfonamides is 1. The van der Waals surface area contributed by atoms with Gasteiger partial charge in [-0.25, -0.2) is 13.1 Å². The Morgan fingerprint density at radius 3 is 2.29 bits per heavy atom. The van der Waals surface area contributed by atoms with Crippen molar-refractivity contribution in [3.05, 3.63) is 58.1 Å². The van der Waals surface area contributed by atoms with Gasteiger partial charge in [-0.1, -0.05) is 47.1 Å². The number of nitrogen functional groups attached to an aromatic ring is 1. The minimum absolute atomic E-state index is 0.0934. The van der Waals surface area contributed by atoms with E-state index in [-0.39, 0.29) is 17.1 Å². The van der Waals surface area contributed by atoms with Crippen molar-refractivity contribution < 1.29 is 8.42 Å². The van der Waals surface area contributed by atoms with Crippen LogP contribution in [0.1, 0.15) is 18.1 Å². The van der Waals surface area contributed by atoms with E-state index in [9.17, 15) is 8.42 Å². The summed E-state index contributed by atoms with van der Waals surface area (Å²) >= 11 is 3.26. The normalized spacial score (nSPS) is 11.5. The van der Waals surface area contributed by atoms with Gasteiger partial charge in [0, 0.05) is 11.0 Å². The van der Waals surface area contributed by atoms with Gasteiger partial charge in [0.1, 0.15) is 4.90 Å². The number of nitrogens with two attached hydrogens (primary N) is 1. The van der Waals surface area contributed by atoms with Crippen LogP contribution in [-0.2, 0) is 23.0 Å². The number of anilines is 1. The quantitative estimate of drug-likeness (QED) is 0.796. The standard InChI is InChI=1S/C15H17BrN2O2S/c1-2-11-3-5-12(6-4-11)10-18-21(19,20)15-8-7-13(16)9-14(15)17/h3-9,18H,2,10,17H2,1H3. The first kappa shape index (κ1) is 16.0. The molecule has 0 aliphatic rings. The van der Waals surface area contributed by atoms with Crippen molar-refractivity contribution in [1.29, 1.82) is 0 Å². The highest BCUT2D eigenvalue weighted by Gasteiger charge is 2.17. The van der Waals surface area contributed by atoms with Gasteiger partial charge in [0.2, 0.25) is 10.0 Å². The molecule has 21 heavy (non-hydrogen) atoms. The second kappa shape index (κ2) is 6.60. The van der Waals surface area contributed by atoms with Gasteiger partial charge in [-0.15, -0.1) is 0 Å². The molecule has 3 N–H and O–H groups in total. The number of benzene rings is 2. The Morgan fingerprint density at radius 1 is 1.10 bits per heavy atom. The average Bonchev–Trinajstić information content (AvgIpc) is 2.45. The molecule has 2 aromatic carbocycles.